The summed E-state index contributed by atoms with van der Waals surface area (Å²) in [5.74, 6) is -4.59. The molecule has 1 aliphatic carbocycles. The van der Waals surface area contributed by atoms with Gasteiger partial charge in [-0.15, -0.1) is 0 Å². The average Bonchev–Trinajstić information content (AvgIpc) is 1.59. The molecule has 96 heavy (non-hydrogen) atoms. The minimum atomic E-state index is -4.49. The molecule has 3 aliphatic rings. The topological polar surface area (TPSA) is 323 Å². The Kier molecular flexibility index (Phi) is 29.8. The second-order valence-electron chi connectivity index (χ2n) is 26.3. The fraction of sp³-hybridized carbons (Fsp3) is 0.514. The van der Waals surface area contributed by atoms with Gasteiger partial charge >= 0.3 is 29.9 Å². The van der Waals surface area contributed by atoms with Crippen LogP contribution in [0.25, 0.3) is 0 Å². The molecular weight excluding hydrogens is 1250 g/mol. The van der Waals surface area contributed by atoms with Crippen LogP contribution in [0.2, 0.25) is 0 Å². The van der Waals surface area contributed by atoms with E-state index < -0.39 is 69.9 Å². The molecule has 1 unspecified atom stereocenters. The normalized spacial score (nSPS) is 16.7. The van der Waals surface area contributed by atoms with Gasteiger partial charge in [0.05, 0.1) is 16.2 Å². The van der Waals surface area contributed by atoms with E-state index in [2.05, 4.69) is 102 Å². The first-order valence-electron chi connectivity index (χ1n) is 33.9. The van der Waals surface area contributed by atoms with Gasteiger partial charge in [-0.1, -0.05) is 88.4 Å². The molecular formula is C74H98N5O16S+. The number of carbonyl (C=O) groups is 8. The maximum absolute atomic E-state index is 13.1. The molecule has 0 saturated carbocycles. The van der Waals surface area contributed by atoms with Crippen molar-refractivity contribution in [2.75, 3.05) is 24.5 Å². The van der Waals surface area contributed by atoms with E-state index in [1.165, 1.54) is 23.0 Å². The number of Topliss-reactive ketones (excluding diaryl/α,β-unsaturated/α-hetero) is 2. The number of anilines is 1. The van der Waals surface area contributed by atoms with E-state index in [4.69, 9.17) is 16.8 Å². The first kappa shape index (κ1) is 76.8. The number of nitrogens with zero attached hydrogens (tertiary/aromatic N) is 2. The van der Waals surface area contributed by atoms with Crippen LogP contribution < -0.4 is 25.6 Å². The first-order chi connectivity index (χ1) is 45.7. The number of aliphatic carboxylic acids is 4. The molecule has 22 heteroatoms. The molecule has 0 aromatic heterocycles. The zero-order valence-electron chi connectivity index (χ0n) is 56.1. The number of ketones is 2. The van der Waals surface area contributed by atoms with E-state index in [9.17, 15) is 66.6 Å². The van der Waals surface area contributed by atoms with Crippen molar-refractivity contribution in [1.82, 2.24) is 16.0 Å². The fourth-order valence-electron chi connectivity index (χ4n) is 12.9. The van der Waals surface area contributed by atoms with E-state index in [0.29, 0.717) is 96.4 Å². The van der Waals surface area contributed by atoms with Crippen LogP contribution in [0, 0.1) is 12.8 Å². The molecule has 2 radical (unpaired) electrons. The third kappa shape index (κ3) is 23.0. The maximum Gasteiger partial charge on any atom is 0.326 e. The first-order valence-corrected chi connectivity index (χ1v) is 35.3. The Hall–Kier alpha value is -8.24. The van der Waals surface area contributed by atoms with E-state index >= 15 is 0 Å². The second kappa shape index (κ2) is 37.3. The Morgan fingerprint density at radius 3 is 1.93 bits per heavy atom. The Labute approximate surface area is 565 Å². The molecule has 0 fully saturated rings. The minimum Gasteiger partial charge on any atom is -0.481 e. The van der Waals surface area contributed by atoms with Gasteiger partial charge in [0.25, 0.3) is 10.1 Å². The van der Waals surface area contributed by atoms with Gasteiger partial charge in [-0.25, -0.2) is 14.4 Å². The number of benzene rings is 3. The molecule has 3 aromatic rings. The van der Waals surface area contributed by atoms with Crippen molar-refractivity contribution in [3.8, 4) is 5.75 Å². The predicted molar refractivity (Wildman–Crippen MR) is 366 cm³/mol. The SMILES string of the molecule is [CH]CCC[N+]1=C(/C=C/C2=C(Oc3ccccc3)C(=C/C=C3/N(CCCCCC(=O)CCCCCC(CC(=O)CCCCCCC(=O)NCCCC[C@H](NC(=O)N[C@@H](CCC(=O)O)C(=O)O)C(=O)O)C(=O)O)c4ccc(S(=O)(=O)O)cc4C3(C)C)/CCC2)C(C)(C)c2ccccc21. The summed E-state index contributed by atoms with van der Waals surface area (Å²) in [6, 6.07) is 19.2. The molecule has 0 saturated heterocycles. The summed E-state index contributed by atoms with van der Waals surface area (Å²) in [5.41, 5.74) is 7.41. The van der Waals surface area contributed by atoms with Gasteiger partial charge in [-0.2, -0.15) is 13.0 Å². The summed E-state index contributed by atoms with van der Waals surface area (Å²) in [5, 5.41) is 44.5. The lowest BCUT2D eigenvalue weighted by Gasteiger charge is -2.27. The lowest BCUT2D eigenvalue weighted by atomic mass is 9.81. The monoisotopic (exact) mass is 1340 g/mol. The van der Waals surface area contributed by atoms with Gasteiger partial charge in [-0.3, -0.25) is 28.5 Å². The number of nitrogens with one attached hydrogen (secondary N) is 3. The minimum absolute atomic E-state index is 0.000719. The molecule has 2 heterocycles. The van der Waals surface area contributed by atoms with Gasteiger partial charge in [0.15, 0.2) is 5.71 Å². The summed E-state index contributed by atoms with van der Waals surface area (Å²) in [6.45, 7) is 16.3. The number of unbranched alkanes of at least 4 members (excludes halogenated alkanes) is 9. The standard InChI is InChI=1S/C74H97N5O16S/c1-6-7-47-78-62-36-21-20-34-58(62)73(2,3)64(78)43-38-51-27-25-28-52(68(51)95-56-32-17-11-18-33-56)39-44-65-74(4,5)59-50-57(96(92,93)94)40-42-63(59)79(65)48-24-12-16-30-54(80)29-15-10-13-26-53(69(85)86)49-55(81)31-14-8-9-19-37-66(82)75-46-23-22-35-60(70(87)88)76-72(91)77-61(71(89)90)41-45-67(83)84/h1,11,17-18,20-21,32-34,36,38-40,42-44,50,53,60-61H,6-10,12-16,19,22-31,35,37,41,45-49H2,2-5H3,(H7-,75,76,77,82,83,84,85,86,87,88,89,90,91,92,93,94)/p+1/t53?,60-,61-/m0/s1. The number of hydrogen-bond acceptors (Lipinski definition) is 12. The van der Waals surface area contributed by atoms with Crippen LogP contribution in [-0.4, -0.2) is 123 Å². The number of fused-ring (bicyclic) bond motifs is 2. The van der Waals surface area contributed by atoms with Crippen LogP contribution in [0.5, 0.6) is 5.75 Å². The van der Waals surface area contributed by atoms with Crippen molar-refractivity contribution < 1.29 is 81.1 Å². The van der Waals surface area contributed by atoms with Crippen LogP contribution in [0.3, 0.4) is 0 Å². The predicted octanol–water partition coefficient (Wildman–Crippen LogP) is 12.9. The van der Waals surface area contributed by atoms with E-state index in [1.807, 2.05) is 30.3 Å². The van der Waals surface area contributed by atoms with E-state index in [1.54, 1.807) is 12.1 Å². The lowest BCUT2D eigenvalue weighted by Crippen LogP contribution is -2.51. The van der Waals surface area contributed by atoms with Crippen LogP contribution in [0.15, 0.2) is 125 Å². The number of urea groups is 1. The Morgan fingerprint density at radius 2 is 1.27 bits per heavy atom. The molecule has 21 nitrogen and oxygen atoms in total. The molecule has 2 aliphatic heterocycles. The van der Waals surface area contributed by atoms with Crippen molar-refractivity contribution in [2.45, 2.75) is 222 Å². The number of allylic oxidation sites excluding steroid dienone is 7. The molecule has 0 bridgehead atoms. The summed E-state index contributed by atoms with van der Waals surface area (Å²) in [7, 11) is -4.49. The largest absolute Gasteiger partial charge is 0.481 e. The summed E-state index contributed by atoms with van der Waals surface area (Å²) < 4.78 is 44.3. The number of carboxylic acids is 4. The number of amides is 3. The molecule has 8 N–H and O–H groups in total. The summed E-state index contributed by atoms with van der Waals surface area (Å²) in [4.78, 5) is 98.5. The Balaban J connectivity index is 0.933. The summed E-state index contributed by atoms with van der Waals surface area (Å²) in [6.07, 6.45) is 20.5. The van der Waals surface area contributed by atoms with Gasteiger partial charge in [0.1, 0.15) is 41.7 Å². The van der Waals surface area contributed by atoms with Gasteiger partial charge in [0.2, 0.25) is 11.6 Å². The third-order valence-electron chi connectivity index (χ3n) is 18.2. The zero-order chi connectivity index (χ0) is 70.0. The highest BCUT2D eigenvalue weighted by atomic mass is 32.2. The van der Waals surface area contributed by atoms with Gasteiger partial charge < -0.3 is 46.0 Å². The van der Waals surface area contributed by atoms with E-state index in [-0.39, 0.29) is 66.4 Å². The van der Waals surface area contributed by atoms with Crippen LogP contribution in [0.4, 0.5) is 16.2 Å². The van der Waals surface area contributed by atoms with Crippen molar-refractivity contribution in [1.29, 1.82) is 0 Å². The van der Waals surface area contributed by atoms with Gasteiger partial charge in [-0.05, 0) is 170 Å². The number of carbonyl (C=O) groups excluding carboxylic acids is 4. The van der Waals surface area contributed by atoms with Crippen molar-refractivity contribution >= 4 is 74.6 Å². The Morgan fingerprint density at radius 1 is 0.646 bits per heavy atom. The number of carboxylic acid groups (broad SMARTS) is 4. The number of rotatable bonds is 43. The Bertz CT molecular complexity index is 3510. The molecule has 3 aromatic carbocycles. The molecule has 0 spiro atoms. The number of hydrogen-bond donors (Lipinski definition) is 8. The summed E-state index contributed by atoms with van der Waals surface area (Å²) >= 11 is 0. The van der Waals surface area contributed by atoms with Crippen LogP contribution in [-0.2, 0) is 54.5 Å². The van der Waals surface area contributed by atoms with Crippen LogP contribution >= 0.6 is 0 Å². The smallest absolute Gasteiger partial charge is 0.326 e. The number of ether oxygens (including phenoxy) is 1. The molecule has 3 atom stereocenters. The highest BCUT2D eigenvalue weighted by Crippen LogP contribution is 2.49. The quantitative estimate of drug-likeness (QED) is 0.0148. The number of para-hydroxylation sites is 2. The highest BCUT2D eigenvalue weighted by Gasteiger charge is 2.44. The second-order valence-corrected chi connectivity index (χ2v) is 27.7. The van der Waals surface area contributed by atoms with Crippen molar-refractivity contribution in [3.63, 3.8) is 0 Å². The fourth-order valence-corrected chi connectivity index (χ4v) is 13.4. The zero-order valence-corrected chi connectivity index (χ0v) is 56.9. The maximum atomic E-state index is 13.1. The lowest BCUT2D eigenvalue weighted by molar-refractivity contribution is -0.438. The van der Waals surface area contributed by atoms with E-state index in [0.717, 1.165) is 84.7 Å². The van der Waals surface area contributed by atoms with Crippen molar-refractivity contribution in [3.05, 3.63) is 138 Å². The average molecular weight is 1350 g/mol. The molecule has 3 amide bonds. The van der Waals surface area contributed by atoms with Crippen molar-refractivity contribution in [2.24, 2.45) is 5.92 Å². The van der Waals surface area contributed by atoms with Gasteiger partial charge in [0, 0.05) is 92.5 Å². The molecule has 6 rings (SSSR count). The highest BCUT2D eigenvalue weighted by molar-refractivity contribution is 7.85. The molecule has 520 valence electrons. The van der Waals surface area contributed by atoms with Crippen LogP contribution in [0.1, 0.15) is 206 Å². The third-order valence-corrected chi connectivity index (χ3v) is 19.1.